The summed E-state index contributed by atoms with van der Waals surface area (Å²) in [7, 11) is 1.73. The highest BCUT2D eigenvalue weighted by molar-refractivity contribution is 5.75. The Bertz CT molecular complexity index is 290. The molecule has 0 aromatic carbocycles. The fourth-order valence-corrected chi connectivity index (χ4v) is 2.03. The molecule has 1 N–H and O–H groups in total. The first-order valence-corrected chi connectivity index (χ1v) is 6.38. The molecule has 0 spiro atoms. The van der Waals surface area contributed by atoms with Gasteiger partial charge in [-0.25, -0.2) is 4.79 Å². The van der Waals surface area contributed by atoms with Gasteiger partial charge in [0.2, 0.25) is 0 Å². The fraction of sp³-hybridized carbons (Fsp3) is 0.833. The van der Waals surface area contributed by atoms with Crippen LogP contribution >= 0.6 is 0 Å². The third-order valence-electron chi connectivity index (χ3n) is 3.08. The molecule has 18 heavy (non-hydrogen) atoms. The Morgan fingerprint density at radius 1 is 1.44 bits per heavy atom. The highest BCUT2D eigenvalue weighted by atomic mass is 16.5. The second-order valence-corrected chi connectivity index (χ2v) is 4.52. The molecule has 1 rings (SSSR count). The van der Waals surface area contributed by atoms with Crippen LogP contribution in [0.4, 0.5) is 4.79 Å². The van der Waals surface area contributed by atoms with E-state index in [1.807, 2.05) is 6.92 Å². The third-order valence-corrected chi connectivity index (χ3v) is 3.08. The molecule has 2 amide bonds. The van der Waals surface area contributed by atoms with Gasteiger partial charge >= 0.3 is 12.0 Å². The number of rotatable bonds is 6. The second-order valence-electron chi connectivity index (χ2n) is 4.52. The Balaban J connectivity index is 2.40. The Labute approximate surface area is 107 Å². The van der Waals surface area contributed by atoms with E-state index in [0.29, 0.717) is 13.1 Å². The number of urea groups is 1. The van der Waals surface area contributed by atoms with Gasteiger partial charge in [0.05, 0.1) is 12.5 Å². The summed E-state index contributed by atoms with van der Waals surface area (Å²) in [5.41, 5.74) is 0. The number of likely N-dealkylation sites (N-methyl/N-ethyl adjacent to an activating group) is 1. The first-order chi connectivity index (χ1) is 8.54. The molecule has 0 radical (unpaired) electrons. The normalized spacial score (nSPS) is 18.7. The predicted molar refractivity (Wildman–Crippen MR) is 66.5 cm³/mol. The summed E-state index contributed by atoms with van der Waals surface area (Å²) in [5.74, 6) is -0.886. The van der Waals surface area contributed by atoms with Gasteiger partial charge in [-0.1, -0.05) is 0 Å². The van der Waals surface area contributed by atoms with Gasteiger partial charge in [-0.2, -0.15) is 0 Å². The molecule has 1 fully saturated rings. The van der Waals surface area contributed by atoms with Gasteiger partial charge in [0, 0.05) is 33.3 Å². The van der Waals surface area contributed by atoms with Crippen LogP contribution in [-0.4, -0.2) is 66.3 Å². The summed E-state index contributed by atoms with van der Waals surface area (Å²) in [5, 5.41) is 8.64. The maximum atomic E-state index is 12.1. The lowest BCUT2D eigenvalue weighted by atomic mass is 10.2. The van der Waals surface area contributed by atoms with E-state index in [1.54, 1.807) is 16.8 Å². The number of amides is 2. The number of hydrogen-bond donors (Lipinski definition) is 1. The van der Waals surface area contributed by atoms with Crippen molar-refractivity contribution in [2.75, 3.05) is 33.3 Å². The predicted octanol–water partition coefficient (Wildman–Crippen LogP) is 1.01. The molecule has 0 aliphatic carbocycles. The Morgan fingerprint density at radius 3 is 2.67 bits per heavy atom. The first kappa shape index (κ1) is 14.8. The van der Waals surface area contributed by atoms with Crippen LogP contribution in [0.2, 0.25) is 0 Å². The summed E-state index contributed by atoms with van der Waals surface area (Å²) < 4.78 is 5.48. The average molecular weight is 258 g/mol. The molecule has 0 aromatic rings. The quantitative estimate of drug-likeness (QED) is 0.772. The number of ether oxygens (including phenoxy) is 1. The molecule has 1 aliphatic rings. The number of carboxylic acids is 1. The molecule has 1 heterocycles. The van der Waals surface area contributed by atoms with Crippen molar-refractivity contribution in [3.8, 4) is 0 Å². The molecule has 104 valence electrons. The summed E-state index contributed by atoms with van der Waals surface area (Å²) in [4.78, 5) is 25.8. The molecule has 6 nitrogen and oxygen atoms in total. The van der Waals surface area contributed by atoms with Crippen LogP contribution < -0.4 is 0 Å². The molecular weight excluding hydrogens is 236 g/mol. The van der Waals surface area contributed by atoms with Crippen LogP contribution in [0.3, 0.4) is 0 Å². The van der Waals surface area contributed by atoms with E-state index < -0.39 is 5.97 Å². The van der Waals surface area contributed by atoms with Crippen LogP contribution in [0.15, 0.2) is 0 Å². The van der Waals surface area contributed by atoms with Crippen molar-refractivity contribution in [2.24, 2.45) is 0 Å². The Kier molecular flexibility index (Phi) is 5.91. The standard InChI is InChI=1S/C12H22N2O4/c1-3-14(7-6-11(15)16)12(17)13(2)9-10-5-4-8-18-10/h10H,3-9H2,1-2H3,(H,15,16). The molecule has 0 bridgehead atoms. The summed E-state index contributed by atoms with van der Waals surface area (Å²) >= 11 is 0. The SMILES string of the molecule is CCN(CCC(=O)O)C(=O)N(C)CC1CCCO1. The van der Waals surface area contributed by atoms with E-state index in [0.717, 1.165) is 19.4 Å². The highest BCUT2D eigenvalue weighted by Crippen LogP contribution is 2.13. The van der Waals surface area contributed by atoms with Crippen molar-refractivity contribution in [2.45, 2.75) is 32.3 Å². The van der Waals surface area contributed by atoms with Crippen molar-refractivity contribution in [3.05, 3.63) is 0 Å². The zero-order valence-corrected chi connectivity index (χ0v) is 11.1. The second kappa shape index (κ2) is 7.20. The van der Waals surface area contributed by atoms with Crippen LogP contribution in [0.1, 0.15) is 26.2 Å². The van der Waals surface area contributed by atoms with Gasteiger partial charge in [-0.05, 0) is 19.8 Å². The van der Waals surface area contributed by atoms with Crippen molar-refractivity contribution >= 4 is 12.0 Å². The van der Waals surface area contributed by atoms with Gasteiger partial charge in [0.25, 0.3) is 0 Å². The van der Waals surface area contributed by atoms with Crippen LogP contribution in [0.5, 0.6) is 0 Å². The number of nitrogens with zero attached hydrogens (tertiary/aromatic N) is 2. The molecule has 1 saturated heterocycles. The minimum atomic E-state index is -0.886. The van der Waals surface area contributed by atoms with Gasteiger partial charge in [0.1, 0.15) is 0 Å². The zero-order valence-electron chi connectivity index (χ0n) is 11.1. The fourth-order valence-electron chi connectivity index (χ4n) is 2.03. The minimum absolute atomic E-state index is 0.0205. The van der Waals surface area contributed by atoms with Crippen LogP contribution in [-0.2, 0) is 9.53 Å². The molecule has 1 aliphatic heterocycles. The summed E-state index contributed by atoms with van der Waals surface area (Å²) in [6.45, 7) is 3.95. The Morgan fingerprint density at radius 2 is 2.17 bits per heavy atom. The van der Waals surface area contributed by atoms with E-state index in [9.17, 15) is 9.59 Å². The maximum absolute atomic E-state index is 12.1. The van der Waals surface area contributed by atoms with Crippen molar-refractivity contribution in [1.29, 1.82) is 0 Å². The smallest absolute Gasteiger partial charge is 0.319 e. The first-order valence-electron chi connectivity index (χ1n) is 6.38. The number of hydrogen-bond acceptors (Lipinski definition) is 3. The lowest BCUT2D eigenvalue weighted by molar-refractivity contribution is -0.137. The van der Waals surface area contributed by atoms with Crippen LogP contribution in [0, 0.1) is 0 Å². The molecule has 1 atom stereocenters. The maximum Gasteiger partial charge on any atom is 0.319 e. The third kappa shape index (κ3) is 4.52. The lowest BCUT2D eigenvalue weighted by Gasteiger charge is -2.28. The molecular formula is C12H22N2O4. The van der Waals surface area contributed by atoms with E-state index >= 15 is 0 Å². The molecule has 0 saturated carbocycles. The topological polar surface area (TPSA) is 70.1 Å². The van der Waals surface area contributed by atoms with Crippen molar-refractivity contribution < 1.29 is 19.4 Å². The van der Waals surface area contributed by atoms with Gasteiger partial charge in [0.15, 0.2) is 0 Å². The van der Waals surface area contributed by atoms with Crippen molar-refractivity contribution in [1.82, 2.24) is 9.80 Å². The van der Waals surface area contributed by atoms with E-state index in [-0.39, 0.29) is 25.1 Å². The summed E-state index contributed by atoms with van der Waals surface area (Å²) in [6, 6.07) is -0.130. The molecule has 1 unspecified atom stereocenters. The van der Waals surface area contributed by atoms with Crippen LogP contribution in [0.25, 0.3) is 0 Å². The summed E-state index contributed by atoms with van der Waals surface area (Å²) in [6.07, 6.45) is 2.13. The van der Waals surface area contributed by atoms with Crippen molar-refractivity contribution in [3.63, 3.8) is 0 Å². The zero-order chi connectivity index (χ0) is 13.5. The Hall–Kier alpha value is -1.30. The largest absolute Gasteiger partial charge is 0.481 e. The van der Waals surface area contributed by atoms with Gasteiger partial charge in [-0.15, -0.1) is 0 Å². The number of carbonyl (C=O) groups is 2. The van der Waals surface area contributed by atoms with E-state index in [1.165, 1.54) is 0 Å². The number of carbonyl (C=O) groups excluding carboxylic acids is 1. The van der Waals surface area contributed by atoms with Gasteiger partial charge < -0.3 is 19.6 Å². The minimum Gasteiger partial charge on any atom is -0.481 e. The molecule has 6 heteroatoms. The van der Waals surface area contributed by atoms with Gasteiger partial charge in [-0.3, -0.25) is 4.79 Å². The highest BCUT2D eigenvalue weighted by Gasteiger charge is 2.22. The lowest BCUT2D eigenvalue weighted by Crippen LogP contribution is -2.44. The monoisotopic (exact) mass is 258 g/mol. The molecule has 0 aromatic heterocycles. The number of aliphatic carboxylic acids is 1. The van der Waals surface area contributed by atoms with E-state index in [2.05, 4.69) is 0 Å². The van der Waals surface area contributed by atoms with E-state index in [4.69, 9.17) is 9.84 Å². The average Bonchev–Trinajstić information content (AvgIpc) is 2.81. The number of carboxylic acid groups (broad SMARTS) is 1.